The molecule has 1 aromatic heterocycles. The largest absolute Gasteiger partial charge is 0.679 e. The van der Waals surface area contributed by atoms with Crippen LogP contribution in [0.2, 0.25) is 0 Å². The fourth-order valence-electron chi connectivity index (χ4n) is 5.78. The van der Waals surface area contributed by atoms with Crippen molar-refractivity contribution in [2.75, 3.05) is 0 Å². The minimum atomic E-state index is 0. The molecule has 0 aliphatic heterocycles. The van der Waals surface area contributed by atoms with E-state index < -0.39 is 0 Å². The Bertz CT molecular complexity index is 1730. The number of aryl methyl sites for hydroxylation is 1. The third-order valence-electron chi connectivity index (χ3n) is 8.69. The van der Waals surface area contributed by atoms with Gasteiger partial charge in [-0.05, 0) is 82.7 Å². The molecule has 0 aliphatic rings. The first-order chi connectivity index (χ1) is 21.8. The molecule has 0 radical (unpaired) electrons. The Labute approximate surface area is 317 Å². The van der Waals surface area contributed by atoms with E-state index in [1.54, 1.807) is 0 Å². The summed E-state index contributed by atoms with van der Waals surface area (Å²) in [5.74, 6) is 1.62. The van der Waals surface area contributed by atoms with Gasteiger partial charge >= 0.3 is 0 Å². The average Bonchev–Trinajstić information content (AvgIpc) is 3.03. The first kappa shape index (κ1) is 43.5. The standard InChI is InChI=1S/C43H51N2O.2CH3.Hf/c1-12-36(29(8)9)42(31(11)26(2)3)44-25-35-16-15-19-41(45-35)38-18-14-13-17-37(38)40-21-30(10)20-39(43(40)46)34-23-32(27(4)5)22-33(24-34)28(6)7;;;/h12-24,26-29H,1,11,25H2,2-10H3,(H,45,46);2*1H3;/q3*-1;/b42-36-;;;. The van der Waals surface area contributed by atoms with Gasteiger partial charge in [-0.2, -0.15) is 0 Å². The molecule has 1 N–H and O–H groups in total. The van der Waals surface area contributed by atoms with Crippen LogP contribution in [0, 0.1) is 33.6 Å². The van der Waals surface area contributed by atoms with E-state index in [0.717, 1.165) is 61.6 Å². The van der Waals surface area contributed by atoms with Gasteiger partial charge in [0.2, 0.25) is 0 Å². The number of aromatic hydroxyl groups is 1. The minimum Gasteiger partial charge on any atom is -0.679 e. The van der Waals surface area contributed by atoms with E-state index in [2.05, 4.69) is 118 Å². The van der Waals surface area contributed by atoms with E-state index in [1.165, 1.54) is 11.1 Å². The number of hydrogen-bond acceptors (Lipinski definition) is 2. The maximum Gasteiger partial charge on any atom is 0.131 e. The fourth-order valence-corrected chi connectivity index (χ4v) is 5.78. The quantitative estimate of drug-likeness (QED) is 0.0879. The molecule has 1 heterocycles. The molecule has 0 atom stereocenters. The van der Waals surface area contributed by atoms with E-state index >= 15 is 0 Å². The van der Waals surface area contributed by atoms with Gasteiger partial charge in [-0.3, -0.25) is 4.98 Å². The predicted octanol–water partition coefficient (Wildman–Crippen LogP) is 13.4. The molecule has 4 aromatic rings. The van der Waals surface area contributed by atoms with Crippen molar-refractivity contribution in [1.82, 2.24) is 4.98 Å². The Morgan fingerprint density at radius 1 is 0.755 bits per heavy atom. The zero-order chi connectivity index (χ0) is 33.7. The molecule has 0 aliphatic carbocycles. The van der Waals surface area contributed by atoms with Crippen molar-refractivity contribution in [2.45, 2.75) is 80.7 Å². The second kappa shape index (κ2) is 19.0. The van der Waals surface area contributed by atoms with E-state index in [1.807, 2.05) is 36.4 Å². The molecule has 0 bridgehead atoms. The summed E-state index contributed by atoms with van der Waals surface area (Å²) in [6.45, 7) is 28.4. The third kappa shape index (κ3) is 10.3. The van der Waals surface area contributed by atoms with E-state index in [0.29, 0.717) is 18.4 Å². The number of phenolic OH excluding ortho intramolecular Hbond substituents is 1. The number of hydrogen-bond donors (Lipinski definition) is 1. The summed E-state index contributed by atoms with van der Waals surface area (Å²) in [4.78, 5) is 5.08. The maximum absolute atomic E-state index is 11.9. The number of nitrogens with zero attached hydrogens (tertiary/aromatic N) is 2. The molecule has 0 spiro atoms. The summed E-state index contributed by atoms with van der Waals surface area (Å²) in [5, 5.41) is 16.9. The van der Waals surface area contributed by atoms with Crippen molar-refractivity contribution >= 4 is 0 Å². The molecule has 4 rings (SSSR count). The zero-order valence-electron chi connectivity index (χ0n) is 31.8. The molecule has 0 saturated heterocycles. The van der Waals surface area contributed by atoms with Crippen LogP contribution >= 0.6 is 0 Å². The van der Waals surface area contributed by atoms with Gasteiger partial charge in [-0.15, -0.1) is 5.70 Å². The van der Waals surface area contributed by atoms with Crippen LogP contribution in [0.5, 0.6) is 5.75 Å². The number of pyridine rings is 1. The van der Waals surface area contributed by atoms with Gasteiger partial charge in [0.15, 0.2) is 0 Å². The fraction of sp³-hybridized carbons (Fsp3) is 0.311. The van der Waals surface area contributed by atoms with Gasteiger partial charge < -0.3 is 25.3 Å². The Morgan fingerprint density at radius 3 is 1.86 bits per heavy atom. The number of benzene rings is 3. The van der Waals surface area contributed by atoms with Crippen molar-refractivity contribution in [1.29, 1.82) is 0 Å². The summed E-state index contributed by atoms with van der Waals surface area (Å²) < 4.78 is 0. The molecule has 260 valence electrons. The summed E-state index contributed by atoms with van der Waals surface area (Å²) in [6, 6.07) is 25.2. The predicted molar refractivity (Wildman–Crippen MR) is 211 cm³/mol. The number of phenols is 1. The topological polar surface area (TPSA) is 47.2 Å². The zero-order valence-corrected chi connectivity index (χ0v) is 35.4. The van der Waals surface area contributed by atoms with E-state index in [-0.39, 0.29) is 58.3 Å². The second-order valence-corrected chi connectivity index (χ2v) is 13.6. The van der Waals surface area contributed by atoms with Crippen molar-refractivity contribution in [3.8, 4) is 39.3 Å². The Balaban J connectivity index is 0.00000400. The maximum atomic E-state index is 11.9. The molecule has 3 nitrogen and oxygen atoms in total. The first-order valence-corrected chi connectivity index (χ1v) is 16.6. The third-order valence-corrected chi connectivity index (χ3v) is 8.69. The number of aromatic nitrogens is 1. The van der Waals surface area contributed by atoms with Crippen LogP contribution in [-0.4, -0.2) is 10.1 Å². The van der Waals surface area contributed by atoms with Crippen molar-refractivity contribution in [3.05, 3.63) is 151 Å². The summed E-state index contributed by atoms with van der Waals surface area (Å²) in [5.41, 5.74) is 13.0. The monoisotopic (exact) mass is 821 g/mol. The van der Waals surface area contributed by atoms with Crippen LogP contribution < -0.4 is 0 Å². The van der Waals surface area contributed by atoms with Gasteiger partial charge in [-0.1, -0.05) is 141 Å². The Kier molecular flexibility index (Phi) is 16.9. The summed E-state index contributed by atoms with van der Waals surface area (Å²) in [7, 11) is 0. The van der Waals surface area contributed by atoms with Crippen molar-refractivity contribution in [3.63, 3.8) is 0 Å². The van der Waals surface area contributed by atoms with E-state index in [9.17, 15) is 5.11 Å². The molecule has 0 fully saturated rings. The molecular weight excluding hydrogens is 763 g/mol. The van der Waals surface area contributed by atoms with Crippen molar-refractivity contribution in [2.24, 2.45) is 11.8 Å². The SMILES string of the molecule is C=C/C(=C(/[N-]Cc1cccc(-c2ccccc2-c2cc(C)cc(-c3cc(C(C)C)cc(C(C)C)c3)c2O)n1)C(=C)C(C)C)C(C)C.[CH3-].[CH3-].[Hf]. The molecular formula is C45H57HfN2O-3. The molecule has 0 unspecified atom stereocenters. The molecule has 4 heteroatoms. The van der Waals surface area contributed by atoms with Gasteiger partial charge in [0.25, 0.3) is 0 Å². The van der Waals surface area contributed by atoms with Gasteiger partial charge in [0.05, 0.1) is 5.69 Å². The van der Waals surface area contributed by atoms with Crippen LogP contribution in [0.25, 0.3) is 38.8 Å². The molecule has 3 aromatic carbocycles. The normalized spacial score (nSPS) is 11.4. The van der Waals surface area contributed by atoms with Crippen LogP contribution in [0.3, 0.4) is 0 Å². The molecule has 49 heavy (non-hydrogen) atoms. The van der Waals surface area contributed by atoms with Crippen molar-refractivity contribution < 1.29 is 30.9 Å². The molecule has 0 saturated carbocycles. The minimum absolute atomic E-state index is 0. The Hall–Kier alpha value is -3.50. The van der Waals surface area contributed by atoms with Crippen LogP contribution in [0.15, 0.2) is 109 Å². The Morgan fingerprint density at radius 2 is 1.33 bits per heavy atom. The summed E-state index contributed by atoms with van der Waals surface area (Å²) >= 11 is 0. The first-order valence-electron chi connectivity index (χ1n) is 16.6. The second-order valence-electron chi connectivity index (χ2n) is 13.6. The number of allylic oxidation sites excluding steroid dienone is 3. The van der Waals surface area contributed by atoms with E-state index in [4.69, 9.17) is 10.3 Å². The molecule has 0 amide bonds. The van der Waals surface area contributed by atoms with Gasteiger partial charge in [-0.25, -0.2) is 0 Å². The number of rotatable bonds is 12. The smallest absolute Gasteiger partial charge is 0.131 e. The van der Waals surface area contributed by atoms with Crippen LogP contribution in [0.4, 0.5) is 0 Å². The summed E-state index contributed by atoms with van der Waals surface area (Å²) in [6.07, 6.45) is 1.91. The van der Waals surface area contributed by atoms with Crippen LogP contribution in [0.1, 0.15) is 89.6 Å². The van der Waals surface area contributed by atoms with Crippen LogP contribution in [-0.2, 0) is 32.4 Å². The van der Waals surface area contributed by atoms with Gasteiger partial charge in [0, 0.05) is 48.2 Å². The average molecular weight is 820 g/mol. The van der Waals surface area contributed by atoms with Gasteiger partial charge in [0.1, 0.15) is 5.75 Å².